The predicted molar refractivity (Wildman–Crippen MR) is 107 cm³/mol. The van der Waals surface area contributed by atoms with Crippen LogP contribution in [0.2, 0.25) is 0 Å². The predicted octanol–water partition coefficient (Wildman–Crippen LogP) is 4.44. The van der Waals surface area contributed by atoms with E-state index in [0.29, 0.717) is 0 Å². The minimum absolute atomic E-state index is 0. The molecule has 0 aliphatic carbocycles. The number of hydrogen-bond acceptors (Lipinski definition) is 3. The maximum atomic E-state index is 2.58. The number of para-hydroxylation sites is 1. The molecule has 3 rings (SSSR count). The Hall–Kier alpha value is -0.870. The topological polar surface area (TPSA) is 6.48 Å². The van der Waals surface area contributed by atoms with Crippen LogP contribution in [0.1, 0.15) is 0 Å². The lowest BCUT2D eigenvalue weighted by Crippen LogP contribution is -2.47. The van der Waals surface area contributed by atoms with Crippen molar-refractivity contribution in [2.75, 3.05) is 43.4 Å². The lowest BCUT2D eigenvalue weighted by atomic mass is 10.2. The standard InChI is InChI=1S/C18H22N2S.2ClH/c1-3-7-17(8-4-1)20-13-11-19(12-14-20)15-16-21-18-9-5-2-6-10-18;;/h1-10H,11-16H2;2*1H. The first-order valence-electron chi connectivity index (χ1n) is 7.62. The summed E-state index contributed by atoms with van der Waals surface area (Å²) in [7, 11) is 0. The highest BCUT2D eigenvalue weighted by molar-refractivity contribution is 7.99. The van der Waals surface area contributed by atoms with Gasteiger partial charge in [0.2, 0.25) is 0 Å². The van der Waals surface area contributed by atoms with Gasteiger partial charge in [-0.05, 0) is 24.3 Å². The largest absolute Gasteiger partial charge is 0.369 e. The van der Waals surface area contributed by atoms with Crippen LogP contribution in [0.25, 0.3) is 0 Å². The van der Waals surface area contributed by atoms with Gasteiger partial charge in [0.1, 0.15) is 0 Å². The third kappa shape index (κ3) is 6.27. The van der Waals surface area contributed by atoms with Gasteiger partial charge in [-0.3, -0.25) is 4.90 Å². The summed E-state index contributed by atoms with van der Waals surface area (Å²) in [5, 5.41) is 0. The van der Waals surface area contributed by atoms with E-state index in [2.05, 4.69) is 70.5 Å². The van der Waals surface area contributed by atoms with Gasteiger partial charge in [0.05, 0.1) is 0 Å². The van der Waals surface area contributed by atoms with Gasteiger partial charge in [0.15, 0.2) is 0 Å². The van der Waals surface area contributed by atoms with Crippen molar-refractivity contribution in [2.24, 2.45) is 0 Å². The number of benzene rings is 2. The van der Waals surface area contributed by atoms with Crippen LogP contribution in [-0.4, -0.2) is 43.4 Å². The third-order valence-corrected chi connectivity index (χ3v) is 4.91. The molecular weight excluding hydrogens is 347 g/mol. The van der Waals surface area contributed by atoms with Crippen molar-refractivity contribution in [3.05, 3.63) is 60.7 Å². The summed E-state index contributed by atoms with van der Waals surface area (Å²) < 4.78 is 0. The molecule has 0 aromatic heterocycles. The van der Waals surface area contributed by atoms with E-state index in [1.54, 1.807) is 0 Å². The van der Waals surface area contributed by atoms with Crippen LogP contribution in [0.5, 0.6) is 0 Å². The van der Waals surface area contributed by atoms with E-state index in [1.165, 1.54) is 36.0 Å². The average Bonchev–Trinajstić information content (AvgIpc) is 2.57. The maximum Gasteiger partial charge on any atom is 0.0367 e. The molecule has 2 aromatic rings. The smallest absolute Gasteiger partial charge is 0.0367 e. The van der Waals surface area contributed by atoms with Gasteiger partial charge >= 0.3 is 0 Å². The summed E-state index contributed by atoms with van der Waals surface area (Å²) >= 11 is 1.96. The normalized spacial score (nSPS) is 14.7. The Balaban J connectivity index is 0.00000132. The van der Waals surface area contributed by atoms with Gasteiger partial charge in [-0.1, -0.05) is 36.4 Å². The second kappa shape index (κ2) is 10.8. The molecule has 2 aromatic carbocycles. The molecule has 0 N–H and O–H groups in total. The first-order chi connectivity index (χ1) is 10.4. The molecule has 0 spiro atoms. The number of rotatable bonds is 5. The molecular formula is C18H24Cl2N2S. The van der Waals surface area contributed by atoms with Crippen molar-refractivity contribution in [1.82, 2.24) is 4.90 Å². The van der Waals surface area contributed by atoms with E-state index in [1.807, 2.05) is 11.8 Å². The highest BCUT2D eigenvalue weighted by atomic mass is 35.5. The fourth-order valence-corrected chi connectivity index (χ4v) is 3.61. The van der Waals surface area contributed by atoms with Crippen molar-refractivity contribution in [3.63, 3.8) is 0 Å². The van der Waals surface area contributed by atoms with E-state index in [9.17, 15) is 0 Å². The summed E-state index contributed by atoms with van der Waals surface area (Å²) in [4.78, 5) is 6.44. The highest BCUT2D eigenvalue weighted by Gasteiger charge is 2.16. The number of anilines is 1. The molecule has 126 valence electrons. The van der Waals surface area contributed by atoms with Crippen LogP contribution < -0.4 is 4.90 Å². The van der Waals surface area contributed by atoms with Crippen LogP contribution in [0.3, 0.4) is 0 Å². The van der Waals surface area contributed by atoms with Crippen molar-refractivity contribution in [2.45, 2.75) is 4.90 Å². The van der Waals surface area contributed by atoms with Gasteiger partial charge in [0, 0.05) is 49.1 Å². The molecule has 0 unspecified atom stereocenters. The monoisotopic (exact) mass is 370 g/mol. The third-order valence-electron chi connectivity index (χ3n) is 3.91. The first-order valence-corrected chi connectivity index (χ1v) is 8.60. The van der Waals surface area contributed by atoms with Crippen LogP contribution in [0, 0.1) is 0 Å². The minimum Gasteiger partial charge on any atom is -0.369 e. The number of piperazine rings is 1. The SMILES string of the molecule is Cl.Cl.c1ccc(SCCN2CCN(c3ccccc3)CC2)cc1. The second-order valence-corrected chi connectivity index (χ2v) is 6.49. The fourth-order valence-electron chi connectivity index (χ4n) is 2.68. The highest BCUT2D eigenvalue weighted by Crippen LogP contribution is 2.18. The number of halogens is 2. The Morgan fingerprint density at radius 2 is 1.30 bits per heavy atom. The fraction of sp³-hybridized carbons (Fsp3) is 0.333. The molecule has 0 bridgehead atoms. The molecule has 1 heterocycles. The number of hydrogen-bond donors (Lipinski definition) is 0. The summed E-state index contributed by atoms with van der Waals surface area (Å²) in [5.74, 6) is 1.18. The Kier molecular flexibility index (Phi) is 9.49. The second-order valence-electron chi connectivity index (χ2n) is 5.33. The molecule has 0 amide bonds. The van der Waals surface area contributed by atoms with Gasteiger partial charge in [-0.25, -0.2) is 0 Å². The van der Waals surface area contributed by atoms with Gasteiger partial charge < -0.3 is 4.90 Å². The molecule has 2 nitrogen and oxygen atoms in total. The summed E-state index contributed by atoms with van der Waals surface area (Å²) in [6.45, 7) is 5.80. The molecule has 0 radical (unpaired) electrons. The number of thioether (sulfide) groups is 1. The quantitative estimate of drug-likeness (QED) is 0.718. The van der Waals surface area contributed by atoms with Crippen molar-refractivity contribution < 1.29 is 0 Å². The summed E-state index contributed by atoms with van der Waals surface area (Å²) in [5.41, 5.74) is 1.36. The molecule has 1 fully saturated rings. The molecule has 1 saturated heterocycles. The lowest BCUT2D eigenvalue weighted by Gasteiger charge is -2.36. The average molecular weight is 371 g/mol. The molecule has 23 heavy (non-hydrogen) atoms. The van der Waals surface area contributed by atoms with E-state index >= 15 is 0 Å². The molecule has 0 saturated carbocycles. The van der Waals surface area contributed by atoms with Gasteiger partial charge in [0.25, 0.3) is 0 Å². The van der Waals surface area contributed by atoms with Crippen LogP contribution in [0.15, 0.2) is 65.6 Å². The van der Waals surface area contributed by atoms with E-state index in [4.69, 9.17) is 0 Å². The molecule has 5 heteroatoms. The van der Waals surface area contributed by atoms with Crippen LogP contribution in [-0.2, 0) is 0 Å². The zero-order valence-electron chi connectivity index (χ0n) is 13.1. The maximum absolute atomic E-state index is 2.58. The van der Waals surface area contributed by atoms with Crippen LogP contribution >= 0.6 is 36.6 Å². The van der Waals surface area contributed by atoms with Crippen molar-refractivity contribution in [3.8, 4) is 0 Å². The van der Waals surface area contributed by atoms with E-state index in [0.717, 1.165) is 13.1 Å². The zero-order valence-corrected chi connectivity index (χ0v) is 15.6. The molecule has 1 aliphatic rings. The van der Waals surface area contributed by atoms with E-state index < -0.39 is 0 Å². The lowest BCUT2D eigenvalue weighted by molar-refractivity contribution is 0.273. The summed E-state index contributed by atoms with van der Waals surface area (Å²) in [6, 6.07) is 21.4. The zero-order chi connectivity index (χ0) is 14.3. The first kappa shape index (κ1) is 20.2. The Morgan fingerprint density at radius 1 is 0.739 bits per heavy atom. The van der Waals surface area contributed by atoms with Crippen molar-refractivity contribution in [1.29, 1.82) is 0 Å². The molecule has 0 atom stereocenters. The number of nitrogens with zero attached hydrogens (tertiary/aromatic N) is 2. The van der Waals surface area contributed by atoms with Crippen LogP contribution in [0.4, 0.5) is 5.69 Å². The Morgan fingerprint density at radius 3 is 1.91 bits per heavy atom. The summed E-state index contributed by atoms with van der Waals surface area (Å²) in [6.07, 6.45) is 0. The minimum atomic E-state index is 0. The Bertz CT molecular complexity index is 528. The molecule has 1 aliphatic heterocycles. The van der Waals surface area contributed by atoms with Gasteiger partial charge in [-0.15, -0.1) is 36.6 Å². The Labute approximate surface area is 156 Å². The van der Waals surface area contributed by atoms with Crippen molar-refractivity contribution >= 4 is 42.3 Å². The van der Waals surface area contributed by atoms with E-state index in [-0.39, 0.29) is 24.8 Å². The van der Waals surface area contributed by atoms with Gasteiger partial charge in [-0.2, -0.15) is 0 Å².